The van der Waals surface area contributed by atoms with Crippen LogP contribution in [0.15, 0.2) is 29.2 Å². The van der Waals surface area contributed by atoms with Gasteiger partial charge in [-0.25, -0.2) is 0 Å². The summed E-state index contributed by atoms with van der Waals surface area (Å²) in [6.07, 6.45) is 1.11. The second-order valence-electron chi connectivity index (χ2n) is 2.80. The lowest BCUT2D eigenvalue weighted by Gasteiger charge is -2.22. The van der Waals surface area contributed by atoms with Gasteiger partial charge < -0.3 is 4.74 Å². The number of hydrogen-bond donors (Lipinski definition) is 0. The van der Waals surface area contributed by atoms with Crippen LogP contribution in [-0.4, -0.2) is 5.75 Å². The number of thioether (sulfide) groups is 1. The van der Waals surface area contributed by atoms with Crippen molar-refractivity contribution in [3.05, 3.63) is 36.9 Å². The van der Waals surface area contributed by atoms with Crippen LogP contribution in [0.3, 0.4) is 0 Å². The minimum absolute atomic E-state index is 0.0995. The quantitative estimate of drug-likeness (QED) is 0.654. The lowest BCUT2D eigenvalue weighted by Crippen LogP contribution is -2.07. The molecule has 1 aromatic rings. The highest BCUT2D eigenvalue weighted by Gasteiger charge is 2.19. The highest BCUT2D eigenvalue weighted by atomic mass is 32.2. The fourth-order valence-corrected chi connectivity index (χ4v) is 2.54. The van der Waals surface area contributed by atoms with Crippen LogP contribution in [-0.2, 0) is 4.74 Å². The largest absolute Gasteiger partial charge is 0.365 e. The van der Waals surface area contributed by atoms with Crippen LogP contribution < -0.4 is 0 Å². The van der Waals surface area contributed by atoms with Gasteiger partial charge in [-0.15, -0.1) is 11.8 Å². The first-order valence-corrected chi connectivity index (χ1v) is 4.97. The van der Waals surface area contributed by atoms with E-state index in [1.807, 2.05) is 23.9 Å². The van der Waals surface area contributed by atoms with Gasteiger partial charge in [0.05, 0.1) is 6.10 Å². The van der Waals surface area contributed by atoms with Gasteiger partial charge in [0.2, 0.25) is 0 Å². The molecular weight excluding hydrogens is 168 g/mol. The lowest BCUT2D eigenvalue weighted by atomic mass is 10.1. The van der Waals surface area contributed by atoms with Gasteiger partial charge in [0, 0.05) is 10.6 Å². The molecule has 12 heavy (non-hydrogen) atoms. The zero-order valence-corrected chi connectivity index (χ0v) is 7.51. The fraction of sp³-hybridized carbons (Fsp3) is 0.300. The van der Waals surface area contributed by atoms with Crippen molar-refractivity contribution in [3.8, 4) is 0 Å². The van der Waals surface area contributed by atoms with Crippen LogP contribution >= 0.6 is 11.8 Å². The van der Waals surface area contributed by atoms with Gasteiger partial charge in [-0.1, -0.05) is 18.2 Å². The Labute approximate surface area is 77.1 Å². The second-order valence-corrected chi connectivity index (χ2v) is 3.94. The molecule has 1 aliphatic heterocycles. The van der Waals surface area contributed by atoms with Crippen LogP contribution in [0.25, 0.3) is 0 Å². The van der Waals surface area contributed by atoms with E-state index in [1.165, 1.54) is 10.5 Å². The van der Waals surface area contributed by atoms with E-state index >= 15 is 0 Å². The van der Waals surface area contributed by atoms with Gasteiger partial charge in [-0.05, 0) is 18.1 Å². The average molecular weight is 178 g/mol. The third kappa shape index (κ3) is 1.37. The molecule has 1 aromatic carbocycles. The summed E-state index contributed by atoms with van der Waals surface area (Å²) in [5.74, 6) is 1.10. The summed E-state index contributed by atoms with van der Waals surface area (Å²) in [6, 6.07) is 8.27. The molecule has 0 fully saturated rings. The highest BCUT2D eigenvalue weighted by molar-refractivity contribution is 7.99. The molecule has 1 unspecified atom stereocenters. The Morgan fingerprint density at radius 3 is 3.08 bits per heavy atom. The average Bonchev–Trinajstić information content (AvgIpc) is 2.17. The molecule has 1 nitrogen and oxygen atoms in total. The molecule has 0 spiro atoms. The Morgan fingerprint density at radius 2 is 2.25 bits per heavy atom. The zero-order chi connectivity index (χ0) is 8.39. The Kier molecular flexibility index (Phi) is 2.38. The summed E-state index contributed by atoms with van der Waals surface area (Å²) >= 11 is 1.87. The highest BCUT2D eigenvalue weighted by Crippen LogP contribution is 2.37. The van der Waals surface area contributed by atoms with Crippen LogP contribution in [0.2, 0.25) is 0 Å². The van der Waals surface area contributed by atoms with E-state index in [0.29, 0.717) is 0 Å². The second kappa shape index (κ2) is 3.50. The van der Waals surface area contributed by atoms with E-state index in [-0.39, 0.29) is 6.10 Å². The Bertz CT molecular complexity index is 272. The molecule has 2 rings (SSSR count). The fourth-order valence-electron chi connectivity index (χ4n) is 1.45. The van der Waals surface area contributed by atoms with Crippen molar-refractivity contribution < 1.29 is 4.74 Å². The SMILES string of the molecule is [CH]OC1CCSc2ccccc21. The van der Waals surface area contributed by atoms with E-state index in [0.717, 1.165) is 12.2 Å². The number of ether oxygens (including phenoxy) is 1. The zero-order valence-electron chi connectivity index (χ0n) is 6.69. The molecular formula is C10H10OS. The van der Waals surface area contributed by atoms with Crippen molar-refractivity contribution in [2.45, 2.75) is 17.4 Å². The molecule has 1 heterocycles. The summed E-state index contributed by atoms with van der Waals surface area (Å²) in [5.41, 5.74) is 1.23. The van der Waals surface area contributed by atoms with Gasteiger partial charge in [0.1, 0.15) is 7.11 Å². The van der Waals surface area contributed by atoms with E-state index < -0.39 is 0 Å². The molecule has 1 atom stereocenters. The predicted molar refractivity (Wildman–Crippen MR) is 49.9 cm³/mol. The van der Waals surface area contributed by atoms with Gasteiger partial charge in [0.25, 0.3) is 0 Å². The van der Waals surface area contributed by atoms with E-state index in [1.54, 1.807) is 0 Å². The molecule has 0 saturated carbocycles. The molecule has 62 valence electrons. The molecule has 1 aliphatic rings. The Morgan fingerprint density at radius 1 is 1.42 bits per heavy atom. The minimum Gasteiger partial charge on any atom is -0.365 e. The van der Waals surface area contributed by atoms with Crippen LogP contribution in [0.5, 0.6) is 0 Å². The molecule has 0 N–H and O–H groups in total. The van der Waals surface area contributed by atoms with Crippen LogP contribution in [0, 0.1) is 7.11 Å². The minimum atomic E-state index is 0.0995. The number of benzene rings is 1. The monoisotopic (exact) mass is 178 g/mol. The maximum atomic E-state index is 5.21. The van der Waals surface area contributed by atoms with Crippen molar-refractivity contribution in [3.63, 3.8) is 0 Å². The van der Waals surface area contributed by atoms with Crippen LogP contribution in [0.4, 0.5) is 0 Å². The van der Waals surface area contributed by atoms with Gasteiger partial charge in [0.15, 0.2) is 0 Å². The summed E-state index contributed by atoms with van der Waals surface area (Å²) in [4.78, 5) is 1.30. The van der Waals surface area contributed by atoms with E-state index in [4.69, 9.17) is 11.8 Å². The van der Waals surface area contributed by atoms with Crippen molar-refractivity contribution in [2.24, 2.45) is 0 Å². The lowest BCUT2D eigenvalue weighted by molar-refractivity contribution is 0.133. The third-order valence-electron chi connectivity index (χ3n) is 2.07. The molecule has 2 radical (unpaired) electrons. The first-order valence-electron chi connectivity index (χ1n) is 3.99. The summed E-state index contributed by atoms with van der Waals surface area (Å²) in [7, 11) is 5.21. The number of fused-ring (bicyclic) bond motifs is 1. The van der Waals surface area contributed by atoms with Crippen molar-refractivity contribution in [1.82, 2.24) is 0 Å². The van der Waals surface area contributed by atoms with Crippen molar-refractivity contribution >= 4 is 11.8 Å². The number of rotatable bonds is 1. The Balaban J connectivity index is 2.37. The number of hydrogen-bond acceptors (Lipinski definition) is 2. The molecule has 2 heteroatoms. The molecule has 0 aliphatic carbocycles. The summed E-state index contributed by atoms with van der Waals surface area (Å²) < 4.78 is 4.90. The summed E-state index contributed by atoms with van der Waals surface area (Å²) in [6.45, 7) is 0. The normalized spacial score (nSPS) is 21.9. The van der Waals surface area contributed by atoms with E-state index in [2.05, 4.69) is 12.1 Å². The molecule has 0 amide bonds. The molecule has 0 aromatic heterocycles. The maximum Gasteiger partial charge on any atom is 0.116 e. The van der Waals surface area contributed by atoms with Gasteiger partial charge >= 0.3 is 0 Å². The smallest absolute Gasteiger partial charge is 0.116 e. The standard InChI is InChI=1S/C10H10OS/c1-11-9-6-7-12-10-5-3-2-4-8(9)10/h1-5,9H,6-7H2. The predicted octanol–water partition coefficient (Wildman–Crippen LogP) is 2.91. The van der Waals surface area contributed by atoms with Gasteiger partial charge in [-0.2, -0.15) is 0 Å². The van der Waals surface area contributed by atoms with E-state index in [9.17, 15) is 0 Å². The van der Waals surface area contributed by atoms with Crippen molar-refractivity contribution in [1.29, 1.82) is 0 Å². The van der Waals surface area contributed by atoms with Gasteiger partial charge in [-0.3, -0.25) is 0 Å². The molecule has 0 saturated heterocycles. The van der Waals surface area contributed by atoms with Crippen LogP contribution in [0.1, 0.15) is 18.1 Å². The Hall–Kier alpha value is -0.470. The molecule has 0 bridgehead atoms. The topological polar surface area (TPSA) is 9.23 Å². The van der Waals surface area contributed by atoms with Crippen molar-refractivity contribution in [2.75, 3.05) is 5.75 Å². The first kappa shape index (κ1) is 8.14. The summed E-state index contributed by atoms with van der Waals surface area (Å²) in [5, 5.41) is 0. The third-order valence-corrected chi connectivity index (χ3v) is 3.19. The maximum absolute atomic E-state index is 5.21. The first-order chi connectivity index (χ1) is 5.92.